The van der Waals surface area contributed by atoms with Crippen LogP contribution in [0.1, 0.15) is 27.7 Å². The zero-order chi connectivity index (χ0) is 15.1. The molecule has 0 saturated carbocycles. The first-order chi connectivity index (χ1) is 8.40. The van der Waals surface area contributed by atoms with E-state index in [-0.39, 0.29) is 6.54 Å². The number of aliphatic hydroxyl groups is 1. The Morgan fingerprint density at radius 2 is 1.95 bits per heavy atom. The molecule has 0 radical (unpaired) electrons. The molecule has 0 aliphatic carbocycles. The number of nitrogens with zero attached hydrogens (tertiary/aromatic N) is 1. The summed E-state index contributed by atoms with van der Waals surface area (Å²) in [5.74, 6) is -1.03. The summed E-state index contributed by atoms with van der Waals surface area (Å²) in [6.45, 7) is 4.71. The Morgan fingerprint density at radius 3 is 2.26 bits per heavy atom. The van der Waals surface area contributed by atoms with Gasteiger partial charge in [0.05, 0.1) is 5.41 Å². The molecule has 0 aromatic heterocycles. The highest BCUT2D eigenvalue weighted by atomic mass is 19.4. The molecule has 1 aliphatic heterocycles. The summed E-state index contributed by atoms with van der Waals surface area (Å²) in [5.41, 5.74) is -2.86. The van der Waals surface area contributed by atoms with E-state index >= 15 is 0 Å². The summed E-state index contributed by atoms with van der Waals surface area (Å²) in [6.07, 6.45) is -5.25. The van der Waals surface area contributed by atoms with Crippen molar-refractivity contribution in [3.05, 3.63) is 0 Å². The standard InChI is InChI=1S/C12H20F3NO3/c1-10(2,3)19-9(18)16-5-8(6-17)11(4,7-16)12(13,14)15/h8,17H,5-7H2,1-4H3/t8-,11+/m0/s1. The molecule has 2 atom stereocenters. The second-order valence-electron chi connectivity index (χ2n) is 6.16. The van der Waals surface area contributed by atoms with Crippen LogP contribution in [0.5, 0.6) is 0 Å². The van der Waals surface area contributed by atoms with Gasteiger partial charge in [0.15, 0.2) is 0 Å². The zero-order valence-corrected chi connectivity index (χ0v) is 11.5. The van der Waals surface area contributed by atoms with E-state index in [0.29, 0.717) is 0 Å². The highest BCUT2D eigenvalue weighted by molar-refractivity contribution is 5.68. The molecule has 1 heterocycles. The number of rotatable bonds is 1. The van der Waals surface area contributed by atoms with Crippen molar-refractivity contribution >= 4 is 6.09 Å². The maximum absolute atomic E-state index is 13.1. The molecule has 7 heteroatoms. The largest absolute Gasteiger partial charge is 0.444 e. The topological polar surface area (TPSA) is 49.8 Å². The molecule has 0 aromatic carbocycles. The van der Waals surface area contributed by atoms with Gasteiger partial charge in [-0.05, 0) is 27.7 Å². The van der Waals surface area contributed by atoms with E-state index in [1.54, 1.807) is 20.8 Å². The van der Waals surface area contributed by atoms with Crippen LogP contribution in [-0.2, 0) is 4.74 Å². The van der Waals surface area contributed by atoms with Crippen LogP contribution in [-0.4, -0.2) is 47.6 Å². The predicted molar refractivity (Wildman–Crippen MR) is 62.5 cm³/mol. The summed E-state index contributed by atoms with van der Waals surface area (Å²) < 4.78 is 44.3. The van der Waals surface area contributed by atoms with Gasteiger partial charge in [-0.3, -0.25) is 0 Å². The molecule has 112 valence electrons. The second-order valence-corrected chi connectivity index (χ2v) is 6.16. The number of ether oxygens (including phenoxy) is 1. The minimum atomic E-state index is -4.48. The molecule has 0 unspecified atom stereocenters. The van der Waals surface area contributed by atoms with E-state index in [0.717, 1.165) is 11.8 Å². The summed E-state index contributed by atoms with van der Waals surface area (Å²) in [6, 6.07) is 0. The van der Waals surface area contributed by atoms with Crippen LogP contribution in [0.4, 0.5) is 18.0 Å². The molecular formula is C12H20F3NO3. The van der Waals surface area contributed by atoms with E-state index in [1.165, 1.54) is 0 Å². The van der Waals surface area contributed by atoms with Gasteiger partial charge in [0, 0.05) is 25.6 Å². The van der Waals surface area contributed by atoms with Crippen LogP contribution >= 0.6 is 0 Å². The van der Waals surface area contributed by atoms with E-state index in [1.807, 2.05) is 0 Å². The summed E-state index contributed by atoms with van der Waals surface area (Å²) in [5, 5.41) is 9.12. The molecular weight excluding hydrogens is 263 g/mol. The first-order valence-electron chi connectivity index (χ1n) is 6.06. The fraction of sp³-hybridized carbons (Fsp3) is 0.917. The summed E-state index contributed by atoms with van der Waals surface area (Å²) in [4.78, 5) is 12.8. The minimum absolute atomic E-state index is 0.151. The Bertz CT molecular complexity index is 351. The van der Waals surface area contributed by atoms with E-state index in [4.69, 9.17) is 9.84 Å². The fourth-order valence-electron chi connectivity index (χ4n) is 2.10. The van der Waals surface area contributed by atoms with Gasteiger partial charge in [0.2, 0.25) is 0 Å². The maximum atomic E-state index is 13.1. The fourth-order valence-corrected chi connectivity index (χ4v) is 2.10. The molecule has 4 nitrogen and oxygen atoms in total. The van der Waals surface area contributed by atoms with Crippen molar-refractivity contribution < 1.29 is 27.8 Å². The van der Waals surface area contributed by atoms with E-state index in [2.05, 4.69) is 0 Å². The molecule has 1 rings (SSSR count). The van der Waals surface area contributed by atoms with Gasteiger partial charge in [-0.1, -0.05) is 0 Å². The molecule has 1 aliphatic rings. The van der Waals surface area contributed by atoms with Crippen molar-refractivity contribution in [2.45, 2.75) is 39.5 Å². The second kappa shape index (κ2) is 4.85. The van der Waals surface area contributed by atoms with Crippen LogP contribution in [0.25, 0.3) is 0 Å². The average molecular weight is 283 g/mol. The zero-order valence-electron chi connectivity index (χ0n) is 11.5. The third-order valence-corrected chi connectivity index (χ3v) is 3.38. The molecule has 1 N–H and O–H groups in total. The summed E-state index contributed by atoms with van der Waals surface area (Å²) >= 11 is 0. The van der Waals surface area contributed by atoms with Crippen molar-refractivity contribution in [2.24, 2.45) is 11.3 Å². The quantitative estimate of drug-likeness (QED) is 0.804. The number of likely N-dealkylation sites (tertiary alicyclic amines) is 1. The van der Waals surface area contributed by atoms with Crippen molar-refractivity contribution in [3.63, 3.8) is 0 Å². The number of amides is 1. The number of carbonyl (C=O) groups excluding carboxylic acids is 1. The Kier molecular flexibility index (Phi) is 4.10. The Labute approximate surface area is 110 Å². The van der Waals surface area contributed by atoms with E-state index in [9.17, 15) is 18.0 Å². The van der Waals surface area contributed by atoms with Crippen LogP contribution in [0.15, 0.2) is 0 Å². The van der Waals surface area contributed by atoms with Gasteiger partial charge in [-0.15, -0.1) is 0 Å². The van der Waals surface area contributed by atoms with Crippen LogP contribution < -0.4 is 0 Å². The van der Waals surface area contributed by atoms with Crippen molar-refractivity contribution in [2.75, 3.05) is 19.7 Å². The van der Waals surface area contributed by atoms with Gasteiger partial charge >= 0.3 is 12.3 Å². The van der Waals surface area contributed by atoms with Crippen molar-refractivity contribution in [1.82, 2.24) is 4.90 Å². The Morgan fingerprint density at radius 1 is 1.42 bits per heavy atom. The SMILES string of the molecule is CC(C)(C)OC(=O)N1C[C@@H](CO)[C@](C)(C(F)(F)F)C1. The lowest BCUT2D eigenvalue weighted by molar-refractivity contribution is -0.228. The number of alkyl halides is 3. The predicted octanol–water partition coefficient (Wildman–Crippen LogP) is 2.41. The van der Waals surface area contributed by atoms with Crippen molar-refractivity contribution in [3.8, 4) is 0 Å². The molecule has 0 spiro atoms. The van der Waals surface area contributed by atoms with Crippen molar-refractivity contribution in [1.29, 1.82) is 0 Å². The first kappa shape index (κ1) is 16.1. The normalized spacial score (nSPS) is 28.6. The number of aliphatic hydroxyl groups excluding tert-OH is 1. The van der Waals surface area contributed by atoms with Gasteiger partial charge < -0.3 is 14.7 Å². The highest BCUT2D eigenvalue weighted by Crippen LogP contribution is 2.48. The van der Waals surface area contributed by atoms with Crippen LogP contribution in [0.2, 0.25) is 0 Å². The smallest absolute Gasteiger partial charge is 0.410 e. The van der Waals surface area contributed by atoms with Crippen LogP contribution in [0, 0.1) is 11.3 Å². The number of carbonyl (C=O) groups is 1. The third kappa shape index (κ3) is 3.32. The van der Waals surface area contributed by atoms with Gasteiger partial charge in [-0.25, -0.2) is 4.79 Å². The monoisotopic (exact) mass is 283 g/mol. The number of hydrogen-bond acceptors (Lipinski definition) is 3. The Hall–Kier alpha value is -0.980. The molecule has 1 amide bonds. The highest BCUT2D eigenvalue weighted by Gasteiger charge is 2.60. The molecule has 19 heavy (non-hydrogen) atoms. The van der Waals surface area contributed by atoms with Crippen LogP contribution in [0.3, 0.4) is 0 Å². The number of halogens is 3. The molecule has 0 bridgehead atoms. The lowest BCUT2D eigenvalue weighted by atomic mass is 9.80. The number of hydrogen-bond donors (Lipinski definition) is 1. The molecule has 0 aromatic rings. The summed E-state index contributed by atoms with van der Waals surface area (Å²) in [7, 11) is 0. The first-order valence-corrected chi connectivity index (χ1v) is 6.06. The molecule has 1 saturated heterocycles. The molecule has 1 fully saturated rings. The average Bonchev–Trinajstić information content (AvgIpc) is 2.53. The van der Waals surface area contributed by atoms with Gasteiger partial charge in [-0.2, -0.15) is 13.2 Å². The maximum Gasteiger partial charge on any atom is 0.410 e. The Balaban J connectivity index is 2.86. The van der Waals surface area contributed by atoms with Gasteiger partial charge in [0.1, 0.15) is 5.60 Å². The van der Waals surface area contributed by atoms with Gasteiger partial charge in [0.25, 0.3) is 0 Å². The lowest BCUT2D eigenvalue weighted by Crippen LogP contribution is -2.44. The third-order valence-electron chi connectivity index (χ3n) is 3.38. The minimum Gasteiger partial charge on any atom is -0.444 e. The lowest BCUT2D eigenvalue weighted by Gasteiger charge is -2.31. The van der Waals surface area contributed by atoms with E-state index < -0.39 is 42.4 Å².